The minimum Gasteiger partial charge on any atom is -0.493 e. The molecule has 0 bridgehead atoms. The highest BCUT2D eigenvalue weighted by molar-refractivity contribution is 5.60. The monoisotopic (exact) mass is 275 g/mol. The fraction of sp³-hybridized carbons (Fsp3) is 0.400. The Balaban J connectivity index is 2.17. The standard InChI is InChI=1S/C15H21N3O2/c1-5-18-7-6-16-15(18)10-17-12-9-14(20-4)13(19-3)8-11(12)2/h6-9,17H,5,10H2,1-4H3. The van der Waals surface area contributed by atoms with E-state index in [1.54, 1.807) is 14.2 Å². The summed E-state index contributed by atoms with van der Waals surface area (Å²) in [6, 6.07) is 3.92. The Labute approximate surface area is 119 Å². The van der Waals surface area contributed by atoms with Crippen LogP contribution < -0.4 is 14.8 Å². The van der Waals surface area contributed by atoms with E-state index in [9.17, 15) is 0 Å². The first-order valence-corrected chi connectivity index (χ1v) is 6.66. The molecule has 0 aliphatic heterocycles. The molecular weight excluding hydrogens is 254 g/mol. The van der Waals surface area contributed by atoms with Crippen molar-refractivity contribution in [2.75, 3.05) is 19.5 Å². The third-order valence-corrected chi connectivity index (χ3v) is 3.31. The Morgan fingerprint density at radius 1 is 1.20 bits per heavy atom. The predicted octanol–water partition coefficient (Wildman–Crippen LogP) is 2.84. The van der Waals surface area contributed by atoms with Gasteiger partial charge in [0.25, 0.3) is 0 Å². The number of nitrogens with one attached hydrogen (secondary N) is 1. The van der Waals surface area contributed by atoms with Gasteiger partial charge in [0.2, 0.25) is 0 Å². The average molecular weight is 275 g/mol. The van der Waals surface area contributed by atoms with Crippen LogP contribution in [0.3, 0.4) is 0 Å². The minimum absolute atomic E-state index is 0.678. The summed E-state index contributed by atoms with van der Waals surface area (Å²) in [5.41, 5.74) is 2.13. The number of hydrogen-bond acceptors (Lipinski definition) is 4. The number of hydrogen-bond donors (Lipinski definition) is 1. The fourth-order valence-corrected chi connectivity index (χ4v) is 2.14. The van der Waals surface area contributed by atoms with Gasteiger partial charge in [-0.2, -0.15) is 0 Å². The molecule has 0 atom stereocenters. The lowest BCUT2D eigenvalue weighted by Crippen LogP contribution is -2.08. The number of ether oxygens (including phenoxy) is 2. The maximum absolute atomic E-state index is 5.33. The van der Waals surface area contributed by atoms with Crippen molar-refractivity contribution in [1.29, 1.82) is 0 Å². The Hall–Kier alpha value is -2.17. The van der Waals surface area contributed by atoms with E-state index in [1.807, 2.05) is 31.5 Å². The fourth-order valence-electron chi connectivity index (χ4n) is 2.14. The quantitative estimate of drug-likeness (QED) is 0.880. The number of methoxy groups -OCH3 is 2. The van der Waals surface area contributed by atoms with Gasteiger partial charge in [0, 0.05) is 30.7 Å². The van der Waals surface area contributed by atoms with Gasteiger partial charge in [-0.25, -0.2) is 4.98 Å². The van der Waals surface area contributed by atoms with E-state index in [1.165, 1.54) is 0 Å². The molecule has 1 aromatic heterocycles. The topological polar surface area (TPSA) is 48.3 Å². The van der Waals surface area contributed by atoms with Gasteiger partial charge in [-0.3, -0.25) is 0 Å². The molecule has 0 fully saturated rings. The van der Waals surface area contributed by atoms with Crippen LogP contribution in [0, 0.1) is 6.92 Å². The second kappa shape index (κ2) is 6.32. The second-order valence-electron chi connectivity index (χ2n) is 4.51. The molecule has 20 heavy (non-hydrogen) atoms. The summed E-state index contributed by atoms with van der Waals surface area (Å²) in [6.07, 6.45) is 3.81. The molecule has 1 heterocycles. The van der Waals surface area contributed by atoms with Crippen LogP contribution >= 0.6 is 0 Å². The number of benzene rings is 1. The summed E-state index contributed by atoms with van der Waals surface area (Å²) in [5.74, 6) is 2.48. The van der Waals surface area contributed by atoms with Crippen molar-refractivity contribution in [3.63, 3.8) is 0 Å². The van der Waals surface area contributed by atoms with E-state index in [0.717, 1.165) is 35.1 Å². The van der Waals surface area contributed by atoms with Gasteiger partial charge in [0.1, 0.15) is 5.82 Å². The van der Waals surface area contributed by atoms with Gasteiger partial charge >= 0.3 is 0 Å². The van der Waals surface area contributed by atoms with Crippen molar-refractivity contribution >= 4 is 5.69 Å². The lowest BCUT2D eigenvalue weighted by Gasteiger charge is -2.14. The predicted molar refractivity (Wildman–Crippen MR) is 79.5 cm³/mol. The van der Waals surface area contributed by atoms with E-state index in [2.05, 4.69) is 21.8 Å². The third-order valence-electron chi connectivity index (χ3n) is 3.31. The first-order valence-electron chi connectivity index (χ1n) is 6.66. The van der Waals surface area contributed by atoms with Crippen molar-refractivity contribution in [2.24, 2.45) is 0 Å². The van der Waals surface area contributed by atoms with Gasteiger partial charge in [0.15, 0.2) is 11.5 Å². The summed E-state index contributed by atoms with van der Waals surface area (Å²) >= 11 is 0. The summed E-state index contributed by atoms with van der Waals surface area (Å²) in [6.45, 7) is 5.74. The molecule has 1 N–H and O–H groups in total. The van der Waals surface area contributed by atoms with Crippen molar-refractivity contribution in [3.05, 3.63) is 35.9 Å². The summed E-state index contributed by atoms with van der Waals surface area (Å²) in [5, 5.41) is 3.40. The van der Waals surface area contributed by atoms with E-state index in [4.69, 9.17) is 9.47 Å². The van der Waals surface area contributed by atoms with Crippen LogP contribution in [0.1, 0.15) is 18.3 Å². The molecule has 0 aliphatic carbocycles. The van der Waals surface area contributed by atoms with E-state index >= 15 is 0 Å². The Kier molecular flexibility index (Phi) is 4.50. The van der Waals surface area contributed by atoms with Crippen LogP contribution in [0.2, 0.25) is 0 Å². The Morgan fingerprint density at radius 3 is 2.55 bits per heavy atom. The molecule has 5 nitrogen and oxygen atoms in total. The largest absolute Gasteiger partial charge is 0.493 e. The molecule has 0 saturated carbocycles. The van der Waals surface area contributed by atoms with Crippen LogP contribution in [0.5, 0.6) is 11.5 Å². The normalized spacial score (nSPS) is 10.4. The maximum atomic E-state index is 5.33. The summed E-state index contributed by atoms with van der Waals surface area (Å²) < 4.78 is 12.7. The highest BCUT2D eigenvalue weighted by Crippen LogP contribution is 2.32. The Bertz CT molecular complexity index is 578. The van der Waals surface area contributed by atoms with Gasteiger partial charge in [0.05, 0.1) is 20.8 Å². The summed E-state index contributed by atoms with van der Waals surface area (Å²) in [4.78, 5) is 4.35. The van der Waals surface area contributed by atoms with Crippen LogP contribution in [-0.4, -0.2) is 23.8 Å². The molecule has 0 aliphatic rings. The molecule has 0 radical (unpaired) electrons. The van der Waals surface area contributed by atoms with E-state index in [-0.39, 0.29) is 0 Å². The molecule has 0 saturated heterocycles. The number of anilines is 1. The second-order valence-corrected chi connectivity index (χ2v) is 4.51. The molecule has 0 amide bonds. The highest BCUT2D eigenvalue weighted by Gasteiger charge is 2.09. The lowest BCUT2D eigenvalue weighted by molar-refractivity contribution is 0.355. The highest BCUT2D eigenvalue weighted by atomic mass is 16.5. The molecule has 108 valence electrons. The number of nitrogens with zero attached hydrogens (tertiary/aromatic N) is 2. The number of imidazole rings is 1. The minimum atomic E-state index is 0.678. The molecule has 2 aromatic rings. The Morgan fingerprint density at radius 2 is 1.90 bits per heavy atom. The van der Waals surface area contributed by atoms with Gasteiger partial charge in [-0.15, -0.1) is 0 Å². The van der Waals surface area contributed by atoms with E-state index < -0.39 is 0 Å². The van der Waals surface area contributed by atoms with Gasteiger partial charge in [-0.1, -0.05) is 0 Å². The van der Waals surface area contributed by atoms with Crippen LogP contribution in [-0.2, 0) is 13.1 Å². The molecule has 5 heteroatoms. The smallest absolute Gasteiger partial charge is 0.162 e. The lowest BCUT2D eigenvalue weighted by atomic mass is 10.1. The zero-order chi connectivity index (χ0) is 14.5. The maximum Gasteiger partial charge on any atom is 0.162 e. The first kappa shape index (κ1) is 14.2. The third kappa shape index (κ3) is 2.87. The molecule has 2 rings (SSSR count). The average Bonchev–Trinajstić information content (AvgIpc) is 2.93. The van der Waals surface area contributed by atoms with E-state index in [0.29, 0.717) is 6.54 Å². The van der Waals surface area contributed by atoms with Crippen LogP contribution in [0.4, 0.5) is 5.69 Å². The summed E-state index contributed by atoms with van der Waals surface area (Å²) in [7, 11) is 3.28. The van der Waals surface area contributed by atoms with Gasteiger partial charge in [-0.05, 0) is 25.5 Å². The zero-order valence-corrected chi connectivity index (χ0v) is 12.4. The number of aromatic nitrogens is 2. The van der Waals surface area contributed by atoms with Crippen molar-refractivity contribution in [2.45, 2.75) is 26.9 Å². The SMILES string of the molecule is CCn1ccnc1CNc1cc(OC)c(OC)cc1C. The molecule has 1 aromatic carbocycles. The molecule has 0 spiro atoms. The van der Waals surface area contributed by atoms with Crippen molar-refractivity contribution in [3.8, 4) is 11.5 Å². The zero-order valence-electron chi connectivity index (χ0n) is 12.4. The number of aryl methyl sites for hydroxylation is 2. The number of rotatable bonds is 6. The van der Waals surface area contributed by atoms with Crippen molar-refractivity contribution in [1.82, 2.24) is 9.55 Å². The first-order chi connectivity index (χ1) is 9.69. The van der Waals surface area contributed by atoms with Crippen LogP contribution in [0.25, 0.3) is 0 Å². The molecular formula is C15H21N3O2. The van der Waals surface area contributed by atoms with Gasteiger partial charge < -0.3 is 19.4 Å². The van der Waals surface area contributed by atoms with Crippen molar-refractivity contribution < 1.29 is 9.47 Å². The molecule has 0 unspecified atom stereocenters. The van der Waals surface area contributed by atoms with Crippen LogP contribution in [0.15, 0.2) is 24.5 Å².